The monoisotopic (exact) mass is 194 g/mol. The predicted octanol–water partition coefficient (Wildman–Crippen LogP) is 2.24. The molecule has 14 heavy (non-hydrogen) atoms. The summed E-state index contributed by atoms with van der Waals surface area (Å²) in [5.41, 5.74) is 2.39. The summed E-state index contributed by atoms with van der Waals surface area (Å²) in [5, 5.41) is 0. The molecule has 3 heteroatoms. The maximum Gasteiger partial charge on any atom is 0.109 e. The first-order valence-electron chi connectivity index (χ1n) is 5.29. The molecule has 0 aromatic carbocycles. The molecule has 1 aliphatic rings. The van der Waals surface area contributed by atoms with Gasteiger partial charge in [0.1, 0.15) is 5.82 Å². The van der Waals surface area contributed by atoms with Gasteiger partial charge in [-0.2, -0.15) is 0 Å². The Bertz CT molecular complexity index is 330. The Morgan fingerprint density at radius 3 is 3.07 bits per heavy atom. The fourth-order valence-electron chi connectivity index (χ4n) is 2.33. The van der Waals surface area contributed by atoms with Gasteiger partial charge in [-0.15, -0.1) is 0 Å². The molecular weight excluding hydrogens is 176 g/mol. The van der Waals surface area contributed by atoms with Gasteiger partial charge in [-0.25, -0.2) is 4.98 Å². The van der Waals surface area contributed by atoms with Crippen LogP contribution in [0.5, 0.6) is 0 Å². The van der Waals surface area contributed by atoms with Crippen LogP contribution in [0.3, 0.4) is 0 Å². The third kappa shape index (κ3) is 1.46. The first-order valence-corrected chi connectivity index (χ1v) is 5.29. The number of hydrogen-bond donors (Lipinski definition) is 0. The predicted molar refractivity (Wildman–Crippen MR) is 55.3 cm³/mol. The summed E-state index contributed by atoms with van der Waals surface area (Å²) in [5.74, 6) is 1.24. The van der Waals surface area contributed by atoms with Crippen LogP contribution in [-0.4, -0.2) is 16.7 Å². The number of ether oxygens (including phenoxy) is 1. The van der Waals surface area contributed by atoms with Gasteiger partial charge in [0.15, 0.2) is 0 Å². The topological polar surface area (TPSA) is 27.1 Å². The molecule has 1 aromatic heterocycles. The quantitative estimate of drug-likeness (QED) is 0.722. The Hall–Kier alpha value is -0.830. The van der Waals surface area contributed by atoms with Crippen LogP contribution in [0.25, 0.3) is 0 Å². The summed E-state index contributed by atoms with van der Waals surface area (Å²) in [6.07, 6.45) is 3.65. The lowest BCUT2D eigenvalue weighted by Gasteiger charge is -2.23. The molecule has 0 aliphatic carbocycles. The number of imidazole rings is 1. The van der Waals surface area contributed by atoms with E-state index in [0.29, 0.717) is 12.6 Å². The van der Waals surface area contributed by atoms with Gasteiger partial charge >= 0.3 is 0 Å². The van der Waals surface area contributed by atoms with Crippen molar-refractivity contribution in [2.75, 3.05) is 7.11 Å². The van der Waals surface area contributed by atoms with Crippen LogP contribution < -0.4 is 0 Å². The zero-order valence-corrected chi connectivity index (χ0v) is 9.21. The minimum atomic E-state index is 0.588. The molecule has 78 valence electrons. The smallest absolute Gasteiger partial charge is 0.109 e. The lowest BCUT2D eigenvalue weighted by Crippen LogP contribution is -2.17. The van der Waals surface area contributed by atoms with Gasteiger partial charge in [0.2, 0.25) is 0 Å². The third-order valence-corrected chi connectivity index (χ3v) is 3.03. The molecule has 0 saturated heterocycles. The molecule has 0 bridgehead atoms. The van der Waals surface area contributed by atoms with Crippen molar-refractivity contribution >= 4 is 0 Å². The summed E-state index contributed by atoms with van der Waals surface area (Å²) >= 11 is 0. The molecule has 0 radical (unpaired) electrons. The fraction of sp³-hybridized carbons (Fsp3) is 0.727. The summed E-state index contributed by atoms with van der Waals surface area (Å²) < 4.78 is 7.58. The van der Waals surface area contributed by atoms with Crippen molar-refractivity contribution < 1.29 is 4.74 Å². The van der Waals surface area contributed by atoms with Gasteiger partial charge in [0.25, 0.3) is 0 Å². The van der Waals surface area contributed by atoms with E-state index < -0.39 is 0 Å². The Labute approximate surface area is 85.1 Å². The van der Waals surface area contributed by atoms with E-state index in [1.807, 2.05) is 0 Å². The number of fused-ring (bicyclic) bond motifs is 1. The largest absolute Gasteiger partial charge is 0.378 e. The highest BCUT2D eigenvalue weighted by Gasteiger charge is 2.21. The average molecular weight is 194 g/mol. The molecule has 1 unspecified atom stereocenters. The van der Waals surface area contributed by atoms with E-state index >= 15 is 0 Å². The van der Waals surface area contributed by atoms with Gasteiger partial charge in [0.05, 0.1) is 18.0 Å². The fourth-order valence-corrected chi connectivity index (χ4v) is 2.33. The van der Waals surface area contributed by atoms with Gasteiger partial charge < -0.3 is 9.30 Å². The molecule has 1 aromatic rings. The highest BCUT2D eigenvalue weighted by atomic mass is 16.5. The lowest BCUT2D eigenvalue weighted by molar-refractivity contribution is 0.174. The highest BCUT2D eigenvalue weighted by Crippen LogP contribution is 2.27. The van der Waals surface area contributed by atoms with Gasteiger partial charge in [-0.1, -0.05) is 0 Å². The van der Waals surface area contributed by atoms with Crippen LogP contribution in [0.1, 0.15) is 43.0 Å². The van der Waals surface area contributed by atoms with E-state index in [9.17, 15) is 0 Å². The van der Waals surface area contributed by atoms with Crippen LogP contribution in [0.4, 0.5) is 0 Å². The minimum Gasteiger partial charge on any atom is -0.378 e. The number of aromatic nitrogens is 2. The maximum absolute atomic E-state index is 5.22. The van der Waals surface area contributed by atoms with Gasteiger partial charge in [-0.3, -0.25) is 0 Å². The summed E-state index contributed by atoms with van der Waals surface area (Å²) in [6.45, 7) is 5.03. The Morgan fingerprint density at radius 2 is 2.36 bits per heavy atom. The van der Waals surface area contributed by atoms with Crippen molar-refractivity contribution in [3.63, 3.8) is 0 Å². The molecule has 0 fully saturated rings. The van der Waals surface area contributed by atoms with Crippen molar-refractivity contribution in [2.24, 2.45) is 0 Å². The zero-order valence-electron chi connectivity index (χ0n) is 9.21. The molecule has 0 N–H and O–H groups in total. The standard InChI is InChI=1S/C11H18N2O/c1-8-5-4-6-11-12-9(2)10(7-14-3)13(8)11/h8H,4-7H2,1-3H3. The van der Waals surface area contributed by atoms with Crippen molar-refractivity contribution in [3.05, 3.63) is 17.2 Å². The van der Waals surface area contributed by atoms with Gasteiger partial charge in [-0.05, 0) is 26.7 Å². The third-order valence-electron chi connectivity index (χ3n) is 3.03. The Balaban J connectivity index is 2.43. The number of hydrogen-bond acceptors (Lipinski definition) is 2. The van der Waals surface area contributed by atoms with Crippen molar-refractivity contribution in [1.29, 1.82) is 0 Å². The summed E-state index contributed by atoms with van der Waals surface area (Å²) in [7, 11) is 1.74. The molecule has 0 spiro atoms. The van der Waals surface area contributed by atoms with E-state index in [1.54, 1.807) is 7.11 Å². The summed E-state index contributed by atoms with van der Waals surface area (Å²) in [4.78, 5) is 4.60. The molecule has 0 saturated carbocycles. The Morgan fingerprint density at radius 1 is 1.57 bits per heavy atom. The molecular formula is C11H18N2O. The molecule has 1 aliphatic heterocycles. The minimum absolute atomic E-state index is 0.588. The second-order valence-corrected chi connectivity index (χ2v) is 4.10. The zero-order chi connectivity index (χ0) is 10.1. The molecule has 3 nitrogen and oxygen atoms in total. The normalized spacial score (nSPS) is 20.9. The first kappa shape index (κ1) is 9.71. The lowest BCUT2D eigenvalue weighted by atomic mass is 10.1. The van der Waals surface area contributed by atoms with E-state index in [-0.39, 0.29) is 0 Å². The van der Waals surface area contributed by atoms with Crippen LogP contribution in [-0.2, 0) is 17.8 Å². The van der Waals surface area contributed by atoms with E-state index in [4.69, 9.17) is 4.74 Å². The van der Waals surface area contributed by atoms with E-state index in [1.165, 1.54) is 24.4 Å². The second-order valence-electron chi connectivity index (χ2n) is 4.10. The van der Waals surface area contributed by atoms with Crippen LogP contribution in [0, 0.1) is 6.92 Å². The second kappa shape index (κ2) is 3.73. The SMILES string of the molecule is COCc1c(C)nc2n1C(C)CCC2. The van der Waals surface area contributed by atoms with Crippen LogP contribution >= 0.6 is 0 Å². The van der Waals surface area contributed by atoms with Crippen LogP contribution in [0.2, 0.25) is 0 Å². The Kier molecular flexibility index (Phi) is 2.59. The molecule has 0 amide bonds. The van der Waals surface area contributed by atoms with Crippen molar-refractivity contribution in [3.8, 4) is 0 Å². The van der Waals surface area contributed by atoms with E-state index in [0.717, 1.165) is 12.1 Å². The number of rotatable bonds is 2. The number of aryl methyl sites for hydroxylation is 2. The molecule has 2 rings (SSSR count). The van der Waals surface area contributed by atoms with Crippen molar-refractivity contribution in [2.45, 2.75) is 45.8 Å². The maximum atomic E-state index is 5.22. The van der Waals surface area contributed by atoms with Crippen LogP contribution in [0.15, 0.2) is 0 Å². The molecule has 2 heterocycles. The number of nitrogens with zero attached hydrogens (tertiary/aromatic N) is 2. The highest BCUT2D eigenvalue weighted by molar-refractivity contribution is 5.18. The first-order chi connectivity index (χ1) is 6.74. The number of methoxy groups -OCH3 is 1. The summed E-state index contributed by atoms with van der Waals surface area (Å²) in [6, 6.07) is 0.588. The van der Waals surface area contributed by atoms with E-state index in [2.05, 4.69) is 23.4 Å². The average Bonchev–Trinajstić information content (AvgIpc) is 2.45. The molecule has 1 atom stereocenters. The van der Waals surface area contributed by atoms with Crippen molar-refractivity contribution in [1.82, 2.24) is 9.55 Å². The van der Waals surface area contributed by atoms with Gasteiger partial charge in [0, 0.05) is 19.6 Å².